The van der Waals surface area contributed by atoms with Crippen LogP contribution >= 0.6 is 0 Å². The summed E-state index contributed by atoms with van der Waals surface area (Å²) >= 11 is 0. The zero-order chi connectivity index (χ0) is 20.5. The Bertz CT molecular complexity index is 737. The summed E-state index contributed by atoms with van der Waals surface area (Å²) in [6, 6.07) is 19.4. The number of benzene rings is 2. The highest BCUT2D eigenvalue weighted by molar-refractivity contribution is 5.74. The van der Waals surface area contributed by atoms with Crippen molar-refractivity contribution in [2.75, 3.05) is 38.6 Å². The lowest BCUT2D eigenvalue weighted by molar-refractivity contribution is 0.186. The average molecular weight is 395 g/mol. The van der Waals surface area contributed by atoms with Crippen LogP contribution in [0.2, 0.25) is 0 Å². The Morgan fingerprint density at radius 1 is 1.00 bits per heavy atom. The van der Waals surface area contributed by atoms with E-state index in [0.717, 1.165) is 45.3 Å². The van der Waals surface area contributed by atoms with Gasteiger partial charge >= 0.3 is 6.03 Å². The van der Waals surface area contributed by atoms with Gasteiger partial charge in [0.05, 0.1) is 0 Å². The molecule has 2 aromatic carbocycles. The molecule has 1 aliphatic heterocycles. The summed E-state index contributed by atoms with van der Waals surface area (Å²) in [6.07, 6.45) is 3.95. The zero-order valence-corrected chi connectivity index (χ0v) is 17.7. The monoisotopic (exact) mass is 394 g/mol. The molecule has 29 heavy (non-hydrogen) atoms. The lowest BCUT2D eigenvalue weighted by Crippen LogP contribution is -2.47. The molecule has 2 aromatic rings. The van der Waals surface area contributed by atoms with Crippen molar-refractivity contribution >= 4 is 11.7 Å². The van der Waals surface area contributed by atoms with Gasteiger partial charge in [-0.15, -0.1) is 0 Å². The van der Waals surface area contributed by atoms with Gasteiger partial charge in [-0.3, -0.25) is 4.90 Å². The number of hydrogen-bond donors (Lipinski definition) is 2. The van der Waals surface area contributed by atoms with E-state index in [9.17, 15) is 4.79 Å². The predicted octanol–water partition coefficient (Wildman–Crippen LogP) is 3.65. The second-order valence-corrected chi connectivity index (χ2v) is 8.10. The summed E-state index contributed by atoms with van der Waals surface area (Å²) in [7, 11) is 4.09. The normalized spacial score (nSPS) is 15.1. The van der Waals surface area contributed by atoms with E-state index in [1.807, 2.05) is 14.1 Å². The van der Waals surface area contributed by atoms with E-state index in [4.69, 9.17) is 0 Å². The van der Waals surface area contributed by atoms with Crippen LogP contribution in [0.5, 0.6) is 0 Å². The molecule has 0 saturated carbocycles. The topological polar surface area (TPSA) is 47.6 Å². The Labute approximate surface area is 175 Å². The number of carbonyl (C=O) groups excluding carboxylic acids is 1. The quantitative estimate of drug-likeness (QED) is 0.672. The third-order valence-electron chi connectivity index (χ3n) is 5.55. The molecule has 0 atom stereocenters. The van der Waals surface area contributed by atoms with E-state index < -0.39 is 0 Å². The molecule has 3 rings (SSSR count). The number of rotatable bonds is 8. The summed E-state index contributed by atoms with van der Waals surface area (Å²) < 4.78 is 0. The van der Waals surface area contributed by atoms with Crippen LogP contribution in [-0.2, 0) is 13.0 Å². The second kappa shape index (κ2) is 10.9. The number of nitrogens with one attached hydrogen (secondary N) is 2. The first kappa shape index (κ1) is 21.2. The zero-order valence-electron chi connectivity index (χ0n) is 17.7. The number of likely N-dealkylation sites (tertiary alicyclic amines) is 1. The molecule has 0 radical (unpaired) electrons. The number of anilines is 1. The van der Waals surface area contributed by atoms with E-state index in [2.05, 4.69) is 75.0 Å². The van der Waals surface area contributed by atoms with Crippen LogP contribution in [0, 0.1) is 0 Å². The second-order valence-electron chi connectivity index (χ2n) is 8.10. The number of nitrogens with zero attached hydrogens (tertiary/aromatic N) is 2. The van der Waals surface area contributed by atoms with Crippen LogP contribution in [0.25, 0.3) is 0 Å². The van der Waals surface area contributed by atoms with E-state index in [1.165, 1.54) is 16.8 Å². The molecule has 0 bridgehead atoms. The predicted molar refractivity (Wildman–Crippen MR) is 120 cm³/mol. The summed E-state index contributed by atoms with van der Waals surface area (Å²) in [6.45, 7) is 3.76. The van der Waals surface area contributed by atoms with E-state index in [0.29, 0.717) is 6.54 Å². The van der Waals surface area contributed by atoms with Crippen LogP contribution in [0.3, 0.4) is 0 Å². The van der Waals surface area contributed by atoms with Gasteiger partial charge in [-0.25, -0.2) is 4.79 Å². The first-order chi connectivity index (χ1) is 14.1. The molecule has 156 valence electrons. The van der Waals surface area contributed by atoms with Crippen molar-refractivity contribution in [2.24, 2.45) is 0 Å². The van der Waals surface area contributed by atoms with E-state index >= 15 is 0 Å². The van der Waals surface area contributed by atoms with Gasteiger partial charge < -0.3 is 15.5 Å². The molecular weight excluding hydrogens is 360 g/mol. The molecule has 0 aliphatic carbocycles. The highest BCUT2D eigenvalue weighted by atomic mass is 16.2. The molecule has 2 amide bonds. The van der Waals surface area contributed by atoms with Crippen molar-refractivity contribution in [2.45, 2.75) is 38.3 Å². The number of hydrogen-bond acceptors (Lipinski definition) is 3. The van der Waals surface area contributed by atoms with Crippen molar-refractivity contribution < 1.29 is 4.79 Å². The highest BCUT2D eigenvalue weighted by Crippen LogP contribution is 2.14. The van der Waals surface area contributed by atoms with Crippen molar-refractivity contribution in [1.29, 1.82) is 0 Å². The Hall–Kier alpha value is -2.53. The fraction of sp³-hybridized carbons (Fsp3) is 0.458. The van der Waals surface area contributed by atoms with Gasteiger partial charge in [0, 0.05) is 52.0 Å². The van der Waals surface area contributed by atoms with Crippen molar-refractivity contribution in [1.82, 2.24) is 15.5 Å². The lowest BCUT2D eigenvalue weighted by Gasteiger charge is -2.32. The van der Waals surface area contributed by atoms with Gasteiger partial charge in [-0.1, -0.05) is 42.5 Å². The average Bonchev–Trinajstić information content (AvgIpc) is 2.74. The summed E-state index contributed by atoms with van der Waals surface area (Å²) in [4.78, 5) is 16.7. The van der Waals surface area contributed by atoms with Crippen molar-refractivity contribution in [3.63, 3.8) is 0 Å². The summed E-state index contributed by atoms with van der Waals surface area (Å²) in [5.74, 6) is 0. The maximum atomic E-state index is 12.2. The number of carbonyl (C=O) groups is 1. The first-order valence-corrected chi connectivity index (χ1v) is 10.7. The van der Waals surface area contributed by atoms with E-state index in [1.54, 1.807) is 0 Å². The standard InChI is InChI=1S/C24H34N4O/c1-27(2)23-12-10-20(11-13-23)9-6-16-25-24(29)26-22-14-17-28(18-15-22)19-21-7-4-3-5-8-21/h3-5,7-8,10-13,22H,6,9,14-19H2,1-2H3,(H2,25,26,29). The molecule has 1 saturated heterocycles. The molecule has 0 spiro atoms. The van der Waals surface area contributed by atoms with Crippen LogP contribution in [0.15, 0.2) is 54.6 Å². The molecule has 1 aliphatic rings. The van der Waals surface area contributed by atoms with Crippen LogP contribution in [0.1, 0.15) is 30.4 Å². The number of amides is 2. The molecular formula is C24H34N4O. The third-order valence-corrected chi connectivity index (χ3v) is 5.55. The van der Waals surface area contributed by atoms with Crippen molar-refractivity contribution in [3.05, 3.63) is 65.7 Å². The number of piperidine rings is 1. The molecule has 1 heterocycles. The number of aryl methyl sites for hydroxylation is 1. The number of urea groups is 1. The minimum absolute atomic E-state index is 0.0329. The van der Waals surface area contributed by atoms with Crippen LogP contribution in [0.4, 0.5) is 10.5 Å². The molecule has 0 aromatic heterocycles. The van der Waals surface area contributed by atoms with Gasteiger partial charge in [-0.05, 0) is 48.9 Å². The third kappa shape index (κ3) is 7.09. The van der Waals surface area contributed by atoms with Gasteiger partial charge in [0.1, 0.15) is 0 Å². The maximum absolute atomic E-state index is 12.2. The largest absolute Gasteiger partial charge is 0.378 e. The van der Waals surface area contributed by atoms with Gasteiger partial charge in [0.15, 0.2) is 0 Å². The van der Waals surface area contributed by atoms with Gasteiger partial charge in [-0.2, -0.15) is 0 Å². The first-order valence-electron chi connectivity index (χ1n) is 10.7. The smallest absolute Gasteiger partial charge is 0.315 e. The Morgan fingerprint density at radius 3 is 2.34 bits per heavy atom. The fourth-order valence-corrected chi connectivity index (χ4v) is 3.77. The Kier molecular flexibility index (Phi) is 7.94. The maximum Gasteiger partial charge on any atom is 0.315 e. The molecule has 5 nitrogen and oxygen atoms in total. The fourth-order valence-electron chi connectivity index (χ4n) is 3.77. The van der Waals surface area contributed by atoms with Crippen LogP contribution < -0.4 is 15.5 Å². The minimum Gasteiger partial charge on any atom is -0.378 e. The van der Waals surface area contributed by atoms with Gasteiger partial charge in [0.2, 0.25) is 0 Å². The lowest BCUT2D eigenvalue weighted by atomic mass is 10.0. The Morgan fingerprint density at radius 2 is 1.69 bits per heavy atom. The summed E-state index contributed by atoms with van der Waals surface area (Å²) in [5, 5.41) is 6.15. The van der Waals surface area contributed by atoms with E-state index in [-0.39, 0.29) is 12.1 Å². The summed E-state index contributed by atoms with van der Waals surface area (Å²) in [5.41, 5.74) is 3.87. The van der Waals surface area contributed by atoms with Crippen LogP contribution in [-0.4, -0.2) is 50.7 Å². The molecule has 2 N–H and O–H groups in total. The highest BCUT2D eigenvalue weighted by Gasteiger charge is 2.20. The Balaban J connectivity index is 1.28. The molecule has 0 unspecified atom stereocenters. The molecule has 5 heteroatoms. The SMILES string of the molecule is CN(C)c1ccc(CCCNC(=O)NC2CCN(Cc3ccccc3)CC2)cc1. The van der Waals surface area contributed by atoms with Gasteiger partial charge in [0.25, 0.3) is 0 Å². The molecule has 1 fully saturated rings. The van der Waals surface area contributed by atoms with Crippen molar-refractivity contribution in [3.8, 4) is 0 Å². The minimum atomic E-state index is -0.0329.